The Morgan fingerprint density at radius 1 is 1.04 bits per heavy atom. The lowest BCUT2D eigenvalue weighted by Gasteiger charge is -2.32. The van der Waals surface area contributed by atoms with E-state index in [1.54, 1.807) is 0 Å². The van der Waals surface area contributed by atoms with Crippen molar-refractivity contribution in [2.75, 3.05) is 23.3 Å². The monoisotopic (exact) mass is 349 g/mol. The average Bonchev–Trinajstić information content (AvgIpc) is 2.69. The molecule has 0 saturated carbocycles. The van der Waals surface area contributed by atoms with Crippen LogP contribution in [0.3, 0.4) is 0 Å². The van der Waals surface area contributed by atoms with Crippen LogP contribution in [0, 0.1) is 5.92 Å². The summed E-state index contributed by atoms with van der Waals surface area (Å²) >= 11 is 0. The minimum atomic E-state index is -0.173. The van der Waals surface area contributed by atoms with Crippen LogP contribution in [0.4, 0.5) is 11.4 Å². The van der Waals surface area contributed by atoms with Crippen LogP contribution in [-0.4, -0.2) is 25.0 Å². The van der Waals surface area contributed by atoms with Crippen molar-refractivity contribution >= 4 is 17.3 Å². The molecule has 4 heteroatoms. The maximum atomic E-state index is 12.6. The second-order valence-corrected chi connectivity index (χ2v) is 7.61. The second-order valence-electron chi connectivity index (χ2n) is 7.61. The van der Waals surface area contributed by atoms with Crippen LogP contribution >= 0.6 is 0 Å². The summed E-state index contributed by atoms with van der Waals surface area (Å²) in [5.41, 5.74) is 4.67. The fourth-order valence-corrected chi connectivity index (χ4v) is 3.89. The molecule has 4 nitrogen and oxygen atoms in total. The number of amides is 1. The molecule has 2 aromatic rings. The molecule has 1 amide bonds. The van der Waals surface area contributed by atoms with Gasteiger partial charge in [-0.05, 0) is 60.6 Å². The van der Waals surface area contributed by atoms with Crippen molar-refractivity contribution in [3.63, 3.8) is 0 Å². The number of hydrogen-bond acceptors (Lipinski definition) is 3. The fraction of sp³-hybridized carbons (Fsp3) is 0.409. The Labute approximate surface area is 155 Å². The Morgan fingerprint density at radius 3 is 2.46 bits per heavy atom. The predicted octanol–water partition coefficient (Wildman–Crippen LogP) is 3.58. The minimum Gasteiger partial charge on any atom is -0.372 e. The van der Waals surface area contributed by atoms with Crippen LogP contribution < -0.4 is 15.5 Å². The zero-order chi connectivity index (χ0) is 17.9. The summed E-state index contributed by atoms with van der Waals surface area (Å²) in [6.45, 7) is 5.32. The molecule has 2 heterocycles. The quantitative estimate of drug-likeness (QED) is 0.890. The van der Waals surface area contributed by atoms with Crippen molar-refractivity contribution in [1.82, 2.24) is 5.32 Å². The SMILES string of the molecule is CC1CCN(c2ccc(NC(=O)C3Cc4ccccc4CN3)cc2)CC1. The summed E-state index contributed by atoms with van der Waals surface area (Å²) < 4.78 is 0. The molecule has 0 aliphatic carbocycles. The molecule has 1 fully saturated rings. The van der Waals surface area contributed by atoms with Crippen LogP contribution in [0.1, 0.15) is 30.9 Å². The van der Waals surface area contributed by atoms with Gasteiger partial charge in [0.25, 0.3) is 0 Å². The van der Waals surface area contributed by atoms with E-state index in [1.165, 1.54) is 29.7 Å². The summed E-state index contributed by atoms with van der Waals surface area (Å²) in [5, 5.41) is 6.40. The summed E-state index contributed by atoms with van der Waals surface area (Å²) in [5.74, 6) is 0.872. The van der Waals surface area contributed by atoms with E-state index in [-0.39, 0.29) is 11.9 Å². The number of carbonyl (C=O) groups is 1. The molecule has 136 valence electrons. The van der Waals surface area contributed by atoms with Gasteiger partial charge in [0, 0.05) is 31.0 Å². The van der Waals surface area contributed by atoms with Crippen LogP contribution in [0.2, 0.25) is 0 Å². The van der Waals surface area contributed by atoms with Crippen molar-refractivity contribution in [3.8, 4) is 0 Å². The molecule has 0 aromatic heterocycles. The van der Waals surface area contributed by atoms with Crippen molar-refractivity contribution in [2.24, 2.45) is 5.92 Å². The van der Waals surface area contributed by atoms with Gasteiger partial charge in [-0.1, -0.05) is 31.2 Å². The third-order valence-electron chi connectivity index (χ3n) is 5.68. The molecule has 1 atom stereocenters. The summed E-state index contributed by atoms with van der Waals surface area (Å²) in [4.78, 5) is 15.1. The van der Waals surface area contributed by atoms with E-state index in [4.69, 9.17) is 0 Å². The van der Waals surface area contributed by atoms with Gasteiger partial charge in [0.2, 0.25) is 5.91 Å². The molecule has 2 aromatic carbocycles. The first-order valence-corrected chi connectivity index (χ1v) is 9.65. The number of piperidine rings is 1. The number of anilines is 2. The van der Waals surface area contributed by atoms with Gasteiger partial charge in [-0.15, -0.1) is 0 Å². The van der Waals surface area contributed by atoms with Gasteiger partial charge in [0.1, 0.15) is 0 Å². The van der Waals surface area contributed by atoms with Crippen molar-refractivity contribution in [3.05, 3.63) is 59.7 Å². The highest BCUT2D eigenvalue weighted by Crippen LogP contribution is 2.24. The highest BCUT2D eigenvalue weighted by Gasteiger charge is 2.24. The standard InChI is InChI=1S/C22H27N3O/c1-16-10-12-25(13-11-16)20-8-6-19(7-9-20)24-22(26)21-14-17-4-2-3-5-18(17)15-23-21/h2-9,16,21,23H,10-15H2,1H3,(H,24,26). The molecular formula is C22H27N3O. The van der Waals surface area contributed by atoms with Crippen LogP contribution in [0.5, 0.6) is 0 Å². The molecule has 0 bridgehead atoms. The molecule has 1 saturated heterocycles. The molecule has 2 aliphatic heterocycles. The number of fused-ring (bicyclic) bond motifs is 1. The van der Waals surface area contributed by atoms with Crippen molar-refractivity contribution in [1.29, 1.82) is 0 Å². The zero-order valence-electron chi connectivity index (χ0n) is 15.4. The number of rotatable bonds is 3. The molecule has 2 aliphatic rings. The van der Waals surface area contributed by atoms with E-state index in [9.17, 15) is 4.79 Å². The third kappa shape index (κ3) is 3.75. The highest BCUT2D eigenvalue weighted by atomic mass is 16.2. The Bertz CT molecular complexity index is 763. The molecule has 4 rings (SSSR count). The largest absolute Gasteiger partial charge is 0.372 e. The first-order valence-electron chi connectivity index (χ1n) is 9.65. The maximum absolute atomic E-state index is 12.6. The summed E-state index contributed by atoms with van der Waals surface area (Å²) in [6, 6.07) is 16.4. The van der Waals surface area contributed by atoms with Crippen LogP contribution in [0.25, 0.3) is 0 Å². The Kier molecular flexibility index (Phi) is 4.93. The van der Waals surface area contributed by atoms with Gasteiger partial charge in [-0.25, -0.2) is 0 Å². The number of hydrogen-bond donors (Lipinski definition) is 2. The van der Waals surface area contributed by atoms with E-state index in [2.05, 4.69) is 46.7 Å². The molecule has 1 unspecified atom stereocenters. The van der Waals surface area contributed by atoms with Crippen molar-refractivity contribution in [2.45, 2.75) is 38.8 Å². The molecule has 2 N–H and O–H groups in total. The van der Waals surface area contributed by atoms with Crippen LogP contribution in [-0.2, 0) is 17.8 Å². The average molecular weight is 349 g/mol. The highest BCUT2D eigenvalue weighted by molar-refractivity contribution is 5.95. The number of nitrogens with one attached hydrogen (secondary N) is 2. The Hall–Kier alpha value is -2.33. The first-order chi connectivity index (χ1) is 12.7. The fourth-order valence-electron chi connectivity index (χ4n) is 3.89. The topological polar surface area (TPSA) is 44.4 Å². The number of benzene rings is 2. The zero-order valence-corrected chi connectivity index (χ0v) is 15.4. The molecular weight excluding hydrogens is 322 g/mol. The molecule has 26 heavy (non-hydrogen) atoms. The summed E-state index contributed by atoms with van der Waals surface area (Å²) in [6.07, 6.45) is 3.26. The first kappa shape index (κ1) is 17.1. The van der Waals surface area contributed by atoms with Gasteiger partial charge in [0.15, 0.2) is 0 Å². The van der Waals surface area contributed by atoms with Gasteiger partial charge in [-0.3, -0.25) is 4.79 Å². The number of carbonyl (C=O) groups excluding carboxylic acids is 1. The second kappa shape index (κ2) is 7.50. The van der Waals surface area contributed by atoms with E-state index in [0.29, 0.717) is 0 Å². The normalized spacial score (nSPS) is 20.5. The van der Waals surface area contributed by atoms with Gasteiger partial charge >= 0.3 is 0 Å². The van der Waals surface area contributed by atoms with E-state index >= 15 is 0 Å². The third-order valence-corrected chi connectivity index (χ3v) is 5.68. The minimum absolute atomic E-state index is 0.0408. The number of nitrogens with zero attached hydrogens (tertiary/aromatic N) is 1. The Balaban J connectivity index is 1.36. The predicted molar refractivity (Wildman–Crippen MR) is 106 cm³/mol. The smallest absolute Gasteiger partial charge is 0.241 e. The van der Waals surface area contributed by atoms with E-state index in [0.717, 1.165) is 37.7 Å². The molecule has 0 radical (unpaired) electrons. The lowest BCUT2D eigenvalue weighted by Crippen LogP contribution is -2.44. The van der Waals surface area contributed by atoms with Gasteiger partial charge in [0.05, 0.1) is 6.04 Å². The lowest BCUT2D eigenvalue weighted by atomic mass is 9.95. The van der Waals surface area contributed by atoms with Crippen molar-refractivity contribution < 1.29 is 4.79 Å². The van der Waals surface area contributed by atoms with E-state index < -0.39 is 0 Å². The summed E-state index contributed by atoms with van der Waals surface area (Å²) in [7, 11) is 0. The molecule has 0 spiro atoms. The van der Waals surface area contributed by atoms with Crippen LogP contribution in [0.15, 0.2) is 48.5 Å². The Morgan fingerprint density at radius 2 is 1.73 bits per heavy atom. The van der Waals surface area contributed by atoms with Gasteiger partial charge in [-0.2, -0.15) is 0 Å². The van der Waals surface area contributed by atoms with E-state index in [1.807, 2.05) is 24.3 Å². The lowest BCUT2D eigenvalue weighted by molar-refractivity contribution is -0.118. The van der Waals surface area contributed by atoms with Gasteiger partial charge < -0.3 is 15.5 Å². The maximum Gasteiger partial charge on any atom is 0.241 e.